The van der Waals surface area contributed by atoms with Gasteiger partial charge >= 0.3 is 45.4 Å². The predicted octanol–water partition coefficient (Wildman–Crippen LogP) is 13.0. The van der Waals surface area contributed by atoms with Gasteiger partial charge in [0.05, 0.1) is 0 Å². The van der Waals surface area contributed by atoms with Gasteiger partial charge in [0.15, 0.2) is 0 Å². The molecule has 1 radical (unpaired) electrons. The van der Waals surface area contributed by atoms with Crippen LogP contribution in [0.3, 0.4) is 0 Å². The van der Waals surface area contributed by atoms with Crippen LogP contribution in [-0.4, -0.2) is 19.4 Å². The molecule has 0 spiro atoms. The number of hydrogen-bond donors (Lipinski definition) is 2. The zero-order valence-corrected chi connectivity index (χ0v) is 37.0. The van der Waals surface area contributed by atoms with E-state index >= 15 is 0 Å². The maximum absolute atomic E-state index is 10.6. The number of benzene rings is 4. The molecule has 2 atom stereocenters. The second-order valence-electron chi connectivity index (χ2n) is 13.5. The van der Waals surface area contributed by atoms with Gasteiger partial charge in [-0.1, -0.05) is 126 Å². The Morgan fingerprint density at radius 3 is 1.30 bits per heavy atom. The van der Waals surface area contributed by atoms with Crippen molar-refractivity contribution in [3.8, 4) is 22.3 Å². The molecule has 0 saturated carbocycles. The molecule has 0 aliphatic heterocycles. The summed E-state index contributed by atoms with van der Waals surface area (Å²) < 4.78 is 0. The van der Waals surface area contributed by atoms with Gasteiger partial charge in [-0.05, 0) is 47.9 Å². The third kappa shape index (κ3) is 12.8. The number of rotatable bonds is 10. The van der Waals surface area contributed by atoms with Crippen LogP contribution in [0.25, 0.3) is 43.8 Å². The van der Waals surface area contributed by atoms with Gasteiger partial charge in [-0.15, -0.1) is 69.1 Å². The van der Waals surface area contributed by atoms with Crippen molar-refractivity contribution in [2.45, 2.75) is 92.9 Å². The Bertz CT molecular complexity index is 1930. The molecule has 6 aromatic rings. The first kappa shape index (κ1) is 45.0. The van der Waals surface area contributed by atoms with Crippen LogP contribution in [0.4, 0.5) is 0 Å². The van der Waals surface area contributed by atoms with Crippen LogP contribution < -0.4 is 10.5 Å². The Balaban J connectivity index is 0.000000219. The molecule has 0 aliphatic rings. The molecule has 2 amide bonds. The standard InChI is InChI=1S/2C20H21.C6H12BN2O2.2ClH.Zr/c2*1-4-14(2)17-12-16-9-7-11-19(20(16)13-17)18-10-6-5-8-15(18)3;1-3-5(10)8-7-9-6(11)4-2;;;/h2*5-14H,4H2,1-3H3;3-4H2,1-2H3,(H,8,10)(H,9,11);2*1H;/q2*-1;;;;+4/p-2. The van der Waals surface area contributed by atoms with Crippen molar-refractivity contribution in [3.63, 3.8) is 0 Å². The molecule has 0 aliphatic carbocycles. The summed E-state index contributed by atoms with van der Waals surface area (Å²) >= 11 is -0.826. The fourth-order valence-electron chi connectivity index (χ4n) is 6.18. The molecule has 0 heterocycles. The van der Waals surface area contributed by atoms with Crippen molar-refractivity contribution in [2.75, 3.05) is 0 Å². The predicted molar refractivity (Wildman–Crippen MR) is 231 cm³/mol. The van der Waals surface area contributed by atoms with Gasteiger partial charge in [0, 0.05) is 12.8 Å². The molecule has 6 rings (SSSR count). The maximum atomic E-state index is 10.6. The Labute approximate surface area is 343 Å². The molecule has 6 aromatic carbocycles. The van der Waals surface area contributed by atoms with Crippen LogP contribution in [0, 0.1) is 13.8 Å². The summed E-state index contributed by atoms with van der Waals surface area (Å²) in [5.41, 5.74) is 11.0. The van der Waals surface area contributed by atoms with Crippen LogP contribution in [0.2, 0.25) is 0 Å². The molecule has 281 valence electrons. The average molecular weight is 840 g/mol. The van der Waals surface area contributed by atoms with Crippen molar-refractivity contribution in [3.05, 3.63) is 131 Å². The average Bonchev–Trinajstić information content (AvgIpc) is 3.84. The zero-order chi connectivity index (χ0) is 39.6. The van der Waals surface area contributed by atoms with Gasteiger partial charge in [0.1, 0.15) is 0 Å². The summed E-state index contributed by atoms with van der Waals surface area (Å²) in [4.78, 5) is 21.2. The number of hydrogen-bond acceptors (Lipinski definition) is 2. The Morgan fingerprint density at radius 2 is 0.963 bits per heavy atom. The van der Waals surface area contributed by atoms with Crippen molar-refractivity contribution >= 4 is 57.9 Å². The molecular weight excluding hydrogens is 785 g/mol. The van der Waals surface area contributed by atoms with E-state index in [9.17, 15) is 9.59 Å². The normalized spacial score (nSPS) is 11.4. The number of aryl methyl sites for hydroxylation is 2. The molecule has 0 fully saturated rings. The van der Waals surface area contributed by atoms with E-state index in [0.29, 0.717) is 24.7 Å². The molecule has 2 N–H and O–H groups in total. The third-order valence-electron chi connectivity index (χ3n) is 9.89. The third-order valence-corrected chi connectivity index (χ3v) is 9.89. The Kier molecular flexibility index (Phi) is 19.5. The van der Waals surface area contributed by atoms with E-state index in [1.807, 2.05) is 0 Å². The van der Waals surface area contributed by atoms with E-state index in [1.54, 1.807) is 13.8 Å². The monoisotopic (exact) mass is 837 g/mol. The number of carbonyl (C=O) groups excluding carboxylic acids is 2. The molecule has 0 aromatic heterocycles. The van der Waals surface area contributed by atoms with Gasteiger partial charge in [0.2, 0.25) is 11.8 Å². The van der Waals surface area contributed by atoms with Gasteiger partial charge in [0.25, 0.3) is 0 Å². The summed E-state index contributed by atoms with van der Waals surface area (Å²) in [6, 6.07) is 40.0. The van der Waals surface area contributed by atoms with Gasteiger partial charge in [-0.3, -0.25) is 9.59 Å². The minimum absolute atomic E-state index is 0.110. The van der Waals surface area contributed by atoms with Gasteiger partial charge < -0.3 is 10.5 Å². The first-order chi connectivity index (χ1) is 26.0. The summed E-state index contributed by atoms with van der Waals surface area (Å²) in [7, 11) is 11.1. The molecule has 8 heteroatoms. The van der Waals surface area contributed by atoms with Crippen LogP contribution in [0.1, 0.15) is 101 Å². The second-order valence-corrected chi connectivity index (χ2v) is 17.2. The van der Waals surface area contributed by atoms with E-state index < -0.39 is 20.8 Å². The topological polar surface area (TPSA) is 58.2 Å². The SMILES string of the molecule is CCC(=O)N[B]NC(=O)CC.CCC(C)c1cc2c(-c3ccccc3C)cccc2[cH-]1.CCC(C)c1cc2c(-c3ccccc3C)cccc2[cH-]1.[Cl][Zr+2][Cl]. The van der Waals surface area contributed by atoms with E-state index in [1.165, 1.54) is 86.4 Å². The van der Waals surface area contributed by atoms with Crippen molar-refractivity contribution in [1.82, 2.24) is 10.5 Å². The van der Waals surface area contributed by atoms with Gasteiger partial charge in [-0.2, -0.15) is 12.1 Å². The fourth-order valence-corrected chi connectivity index (χ4v) is 6.18. The molecule has 0 bridgehead atoms. The second kappa shape index (κ2) is 23.5. The summed E-state index contributed by atoms with van der Waals surface area (Å²) in [6.45, 7) is 17.0. The summed E-state index contributed by atoms with van der Waals surface area (Å²) in [5, 5.41) is 10.3. The number of amides is 2. The first-order valence-electron chi connectivity index (χ1n) is 18.9. The summed E-state index contributed by atoms with van der Waals surface area (Å²) in [6.07, 6.45) is 3.21. The first-order valence-corrected chi connectivity index (χ1v) is 25.2. The Morgan fingerprint density at radius 1 is 0.611 bits per heavy atom. The minimum atomic E-state index is -0.826. The number of fused-ring (bicyclic) bond motifs is 2. The van der Waals surface area contributed by atoms with E-state index in [0.717, 1.165) is 0 Å². The number of nitrogens with one attached hydrogen (secondary N) is 2. The van der Waals surface area contributed by atoms with Crippen molar-refractivity contribution in [2.24, 2.45) is 0 Å². The van der Waals surface area contributed by atoms with E-state index in [-0.39, 0.29) is 11.8 Å². The van der Waals surface area contributed by atoms with Crippen LogP contribution >= 0.6 is 17.0 Å². The molecular formula is C46H54BCl2N2O2Zr. The Hall–Kier alpha value is -3.43. The quantitative estimate of drug-likeness (QED) is 0.107. The summed E-state index contributed by atoms with van der Waals surface area (Å²) in [5.74, 6) is 1.04. The zero-order valence-electron chi connectivity index (χ0n) is 33.0. The van der Waals surface area contributed by atoms with Crippen LogP contribution in [-0.2, 0) is 30.4 Å². The molecule has 54 heavy (non-hydrogen) atoms. The van der Waals surface area contributed by atoms with Crippen molar-refractivity contribution < 1.29 is 30.4 Å². The van der Waals surface area contributed by atoms with E-state index in [2.05, 4.69) is 161 Å². The van der Waals surface area contributed by atoms with Crippen molar-refractivity contribution in [1.29, 1.82) is 0 Å². The number of carbonyl (C=O) groups is 2. The number of halogens is 2. The molecule has 4 nitrogen and oxygen atoms in total. The molecule has 2 unspecified atom stereocenters. The van der Waals surface area contributed by atoms with Gasteiger partial charge in [-0.25, -0.2) is 0 Å². The van der Waals surface area contributed by atoms with Crippen LogP contribution in [0.5, 0.6) is 0 Å². The fraction of sp³-hybridized carbons (Fsp3) is 0.304. The molecule has 0 saturated heterocycles. The van der Waals surface area contributed by atoms with Crippen LogP contribution in [0.15, 0.2) is 109 Å². The van der Waals surface area contributed by atoms with E-state index in [4.69, 9.17) is 17.0 Å².